The Kier molecular flexibility index (Phi) is 16.6. The normalized spacial score (nSPS) is 18.4. The Morgan fingerprint density at radius 2 is 0.565 bits per heavy atom. The number of rotatable bonds is 5. The summed E-state index contributed by atoms with van der Waals surface area (Å²) >= 11 is 0. The Labute approximate surface area is 761 Å². The van der Waals surface area contributed by atoms with Crippen LogP contribution >= 0.6 is 22.2 Å². The van der Waals surface area contributed by atoms with Gasteiger partial charge in [-0.3, -0.25) is 0 Å². The first kappa shape index (κ1) is 75.7. The van der Waals surface area contributed by atoms with Crippen LogP contribution in [0.5, 0.6) is 11.5 Å². The molecule has 0 saturated heterocycles. The first-order valence-electron chi connectivity index (χ1n) is 45.1. The minimum absolute atomic E-state index is 0.532. The molecule has 0 saturated carbocycles. The van der Waals surface area contributed by atoms with Gasteiger partial charge in [0.1, 0.15) is 11.5 Å². The molecule has 1 unspecified atom stereocenters. The summed E-state index contributed by atoms with van der Waals surface area (Å²) in [5.41, 5.74) is 31.5. The SMILES string of the molecule is O=P1(c2ccccc2)c2ccccc2C2(c3ccccc3-n3c4ccccc4c4cccc2c43)c2ccccc21.P=P1(c2ccccc2)c2ccccc2C2(c3ccccc3-n3c4ccc(-c5ccccc5)cc4c4cc(-c5ccccc5)cc2c43)c2ccccc21.c1ccc(-c2cccc3c2Oc2ccccc2C32c3ccccc3-n3c4ccccc4c4cccc2c43)cc1. The highest BCUT2D eigenvalue weighted by molar-refractivity contribution is 8.13. The number of benzene rings is 20. The first-order chi connectivity index (χ1) is 64.8. The highest BCUT2D eigenvalue weighted by Crippen LogP contribution is 2.67. The third kappa shape index (κ3) is 10.2. The fraction of sp³-hybridized carbons (Fsp3) is 0.0244. The van der Waals surface area contributed by atoms with Gasteiger partial charge in [0.15, 0.2) is 7.14 Å². The van der Waals surface area contributed by atoms with Crippen LogP contribution < -0.4 is 36.6 Å². The molecular weight excluding hydrogens is 1640 g/mol. The van der Waals surface area contributed by atoms with Gasteiger partial charge < -0.3 is 23.0 Å². The van der Waals surface area contributed by atoms with Gasteiger partial charge >= 0.3 is 0 Å². The van der Waals surface area contributed by atoms with Crippen molar-refractivity contribution in [3.05, 3.63) is 546 Å². The molecule has 1 atom stereocenters. The largest absolute Gasteiger partial charge is 0.456 e. The van der Waals surface area contributed by atoms with Crippen molar-refractivity contribution in [1.82, 2.24) is 13.7 Å². The maximum Gasteiger partial charge on any atom is 0.171 e. The molecule has 3 spiro atoms. The van der Waals surface area contributed by atoms with Crippen LogP contribution in [0.2, 0.25) is 0 Å². The second kappa shape index (κ2) is 28.8. The van der Waals surface area contributed by atoms with E-state index in [9.17, 15) is 0 Å². The molecule has 9 heterocycles. The molecule has 5 nitrogen and oxygen atoms in total. The minimum atomic E-state index is -3.15. The molecule has 23 aromatic rings. The molecule has 8 heteroatoms. The fourth-order valence-corrected chi connectivity index (χ4v) is 32.2. The van der Waals surface area contributed by atoms with E-state index in [2.05, 4.69) is 459 Å². The van der Waals surface area contributed by atoms with E-state index in [-0.39, 0.29) is 0 Å². The summed E-state index contributed by atoms with van der Waals surface area (Å²) in [7, 11) is 1.50. The van der Waals surface area contributed by atoms with Gasteiger partial charge in [0.2, 0.25) is 0 Å². The van der Waals surface area contributed by atoms with Crippen molar-refractivity contribution in [3.8, 4) is 61.9 Å². The van der Waals surface area contributed by atoms with E-state index in [1.807, 2.05) is 42.5 Å². The van der Waals surface area contributed by atoms with E-state index in [0.717, 1.165) is 49.7 Å². The summed E-state index contributed by atoms with van der Waals surface area (Å²) in [6.45, 7) is -2.20. The lowest BCUT2D eigenvalue weighted by molar-refractivity contribution is 0.435. The summed E-state index contributed by atoms with van der Waals surface area (Å²) in [6.07, 6.45) is 0. The van der Waals surface area contributed by atoms with E-state index in [1.54, 1.807) is 0 Å². The molecule has 3 aromatic heterocycles. The minimum Gasteiger partial charge on any atom is -0.456 e. The van der Waals surface area contributed by atoms with Crippen molar-refractivity contribution in [3.63, 3.8) is 0 Å². The maximum atomic E-state index is 15.6. The number of hydrogen-bond donors (Lipinski definition) is 0. The van der Waals surface area contributed by atoms with Gasteiger partial charge in [-0.1, -0.05) is 419 Å². The van der Waals surface area contributed by atoms with E-state index >= 15 is 4.57 Å². The molecule has 29 rings (SSSR count). The van der Waals surface area contributed by atoms with Crippen molar-refractivity contribution < 1.29 is 9.30 Å². The van der Waals surface area contributed by atoms with Gasteiger partial charge in [0.25, 0.3) is 0 Å². The second-order valence-corrected chi connectivity index (χ2v) is 42.8. The number of nitrogens with zero attached hydrogens (tertiary/aromatic N) is 3. The maximum absolute atomic E-state index is 15.6. The highest BCUT2D eigenvalue weighted by Gasteiger charge is 2.57. The van der Waals surface area contributed by atoms with Crippen molar-refractivity contribution >= 4 is 119 Å². The van der Waals surface area contributed by atoms with Crippen molar-refractivity contribution in [1.29, 1.82) is 0 Å². The molecule has 0 radical (unpaired) electrons. The Morgan fingerprint density at radius 1 is 0.221 bits per heavy atom. The van der Waals surface area contributed by atoms with Gasteiger partial charge in [-0.05, 0) is 167 Å². The van der Waals surface area contributed by atoms with E-state index in [0.29, 0.717) is 0 Å². The van der Waals surface area contributed by atoms with Crippen LogP contribution in [-0.2, 0) is 20.8 Å². The predicted octanol–water partition coefficient (Wildman–Crippen LogP) is 28.2. The van der Waals surface area contributed by atoms with Crippen LogP contribution in [0.4, 0.5) is 0 Å². The van der Waals surface area contributed by atoms with Crippen LogP contribution in [0.15, 0.2) is 479 Å². The molecule has 6 aliphatic rings. The van der Waals surface area contributed by atoms with Gasteiger partial charge in [0, 0.05) is 64.9 Å². The Hall–Kier alpha value is -15.4. The molecule has 0 bridgehead atoms. The number of ether oxygens (including phenoxy) is 1. The number of para-hydroxylation sites is 9. The molecule has 0 N–H and O–H groups in total. The van der Waals surface area contributed by atoms with Crippen LogP contribution in [0.1, 0.15) is 66.8 Å². The molecular formula is C123H80N3O2P3. The van der Waals surface area contributed by atoms with Crippen molar-refractivity contribution in [2.24, 2.45) is 0 Å². The topological polar surface area (TPSA) is 41.1 Å². The zero-order chi connectivity index (χ0) is 86.5. The Bertz CT molecular complexity index is 8750. The van der Waals surface area contributed by atoms with Gasteiger partial charge in [0.05, 0.1) is 66.4 Å². The standard InChI is InChI=1S/C49H33NP2.C37H24NOP.C37H23NO/c51-52(37-20-8-3-9-21-37)46-26-14-11-23-41(46)49(42-24-12-15-27-47(42)52)40-22-10-13-25-45(40)50-44-29-28-35(33-16-4-1-5-17-33)30-38(44)39-31-36(32-43(49)48(39)50)34-18-6-2-7-19-34;39-40(25-13-2-1-3-14-25)34-23-10-6-18-29(34)37(30-19-7-11-24-35(30)40)28-17-5-9-22-33(28)38-32-21-8-4-15-26(32)27-16-12-20-31(37)36(27)38;1-2-12-24(13-3-1)25-15-10-20-31-36(25)39-34-23-9-6-18-29(34)37(31)28-17-5-8-22-33(28)38-32-21-7-4-14-26(32)27-16-11-19-30(37)35(27)38/h1-32,51H;1-24H;1-23H. The van der Waals surface area contributed by atoms with Crippen LogP contribution in [0, 0.1) is 0 Å². The van der Waals surface area contributed by atoms with Crippen LogP contribution in [0.3, 0.4) is 0 Å². The Morgan fingerprint density at radius 3 is 1.08 bits per heavy atom. The van der Waals surface area contributed by atoms with Crippen LogP contribution in [-0.4, -0.2) is 13.7 Å². The van der Waals surface area contributed by atoms with Crippen molar-refractivity contribution in [2.45, 2.75) is 16.2 Å². The smallest absolute Gasteiger partial charge is 0.171 e. The van der Waals surface area contributed by atoms with Gasteiger partial charge in [-0.25, -0.2) is 0 Å². The lowest BCUT2D eigenvalue weighted by atomic mass is 9.61. The highest BCUT2D eigenvalue weighted by atomic mass is 31.8. The summed E-state index contributed by atoms with van der Waals surface area (Å²) in [4.78, 5) is 0. The van der Waals surface area contributed by atoms with E-state index in [1.165, 1.54) is 176 Å². The molecule has 0 fully saturated rings. The zero-order valence-electron chi connectivity index (χ0n) is 71.2. The van der Waals surface area contributed by atoms with Crippen molar-refractivity contribution in [2.75, 3.05) is 0 Å². The quantitative estimate of drug-likeness (QED) is 0.161. The Balaban J connectivity index is 0.000000102. The summed E-state index contributed by atoms with van der Waals surface area (Å²) < 4.78 is 29.9. The van der Waals surface area contributed by atoms with Gasteiger partial charge in [-0.15, -0.1) is 8.53 Å². The third-order valence-electron chi connectivity index (χ3n) is 29.2. The van der Waals surface area contributed by atoms with Gasteiger partial charge in [-0.2, -0.15) is 0 Å². The zero-order valence-corrected chi connectivity index (χ0v) is 74.0. The summed E-state index contributed by atoms with van der Waals surface area (Å²) in [5.74, 6) is 1.84. The average molecular weight is 1720 g/mol. The lowest BCUT2D eigenvalue weighted by Gasteiger charge is -2.49. The summed E-state index contributed by atoms with van der Waals surface area (Å²) in [6, 6.07) is 174. The predicted molar refractivity (Wildman–Crippen MR) is 548 cm³/mol. The molecule has 0 aliphatic carbocycles. The monoisotopic (exact) mass is 1720 g/mol. The average Bonchev–Trinajstić information content (AvgIpc) is 1.67. The molecule has 131 heavy (non-hydrogen) atoms. The molecule has 20 aromatic carbocycles. The van der Waals surface area contributed by atoms with Crippen LogP contribution in [0.25, 0.3) is 116 Å². The fourth-order valence-electron chi connectivity index (χ4n) is 24.2. The number of aromatic nitrogens is 3. The second-order valence-electron chi connectivity index (χ2n) is 35.3. The first-order valence-corrected chi connectivity index (χ1v) is 50.0. The molecule has 614 valence electrons. The number of fused-ring (bicyclic) bond motifs is 33. The van der Waals surface area contributed by atoms with E-state index < -0.39 is 29.9 Å². The molecule has 6 aliphatic heterocycles. The lowest BCUT2D eigenvalue weighted by Crippen LogP contribution is -2.48. The van der Waals surface area contributed by atoms with E-state index in [4.69, 9.17) is 4.74 Å². The molecule has 0 amide bonds. The third-order valence-corrected chi connectivity index (χ3v) is 37.9. The summed E-state index contributed by atoms with van der Waals surface area (Å²) in [5, 5.41) is 14.4. The number of hydrogen-bond acceptors (Lipinski definition) is 2.